The molecule has 6 nitrogen and oxygen atoms in total. The first-order valence-corrected chi connectivity index (χ1v) is 16.1. The molecular weight excluding hydrogens is 599 g/mol. The van der Waals surface area contributed by atoms with Crippen molar-refractivity contribution in [3.05, 3.63) is 88.6 Å². The van der Waals surface area contributed by atoms with Crippen LogP contribution in [0.25, 0.3) is 22.0 Å². The number of halogens is 4. The van der Waals surface area contributed by atoms with Crippen LogP contribution in [0.2, 0.25) is 5.02 Å². The molecule has 10 heteroatoms. The van der Waals surface area contributed by atoms with E-state index in [2.05, 4.69) is 55.6 Å². The molecular formula is C35H41ClF3N5O. The third-order valence-electron chi connectivity index (χ3n) is 9.56. The zero-order valence-electron chi connectivity index (χ0n) is 25.5. The molecule has 3 heterocycles. The quantitative estimate of drug-likeness (QED) is 0.193. The lowest BCUT2D eigenvalue weighted by molar-refractivity contribution is -0.274. The van der Waals surface area contributed by atoms with Gasteiger partial charge in [-0.05, 0) is 110 Å². The second kappa shape index (κ2) is 13.3. The van der Waals surface area contributed by atoms with Crippen molar-refractivity contribution in [2.75, 3.05) is 32.7 Å². The van der Waals surface area contributed by atoms with Gasteiger partial charge in [0.15, 0.2) is 0 Å². The van der Waals surface area contributed by atoms with Crippen molar-refractivity contribution in [2.45, 2.75) is 58.2 Å². The fraction of sp³-hybridized carbons (Fsp3) is 0.429. The molecule has 0 radical (unpaired) electrons. The molecule has 0 atom stereocenters. The number of ether oxygens (including phenoxy) is 1. The predicted molar refractivity (Wildman–Crippen MR) is 174 cm³/mol. The summed E-state index contributed by atoms with van der Waals surface area (Å²) in [4.78, 5) is 5.10. The number of alkyl halides is 3. The highest BCUT2D eigenvalue weighted by Gasteiger charge is 2.40. The summed E-state index contributed by atoms with van der Waals surface area (Å²) in [6, 6.07) is 19.1. The van der Waals surface area contributed by atoms with E-state index in [0.29, 0.717) is 17.5 Å². The monoisotopic (exact) mass is 639 g/mol. The lowest BCUT2D eigenvalue weighted by atomic mass is 9.77. The standard InChI is InChI=1S/C35H41ClF3N5O/c36-32-5-2-1-4-26(32)22-42-15-10-34(11-16-42)12-17-43(24-34)21-25-6-9-33-30(18-25)31(23-44(33)14-3-13-40)29-8-7-28(19-27(29)20-41)45-35(37,38)39/h1-2,4-9,18-19,23H,3,10-17,20-22,24,40-41H2. The van der Waals surface area contributed by atoms with Crippen molar-refractivity contribution in [3.8, 4) is 16.9 Å². The molecule has 0 aliphatic carbocycles. The van der Waals surface area contributed by atoms with Gasteiger partial charge in [-0.3, -0.25) is 9.80 Å². The summed E-state index contributed by atoms with van der Waals surface area (Å²) >= 11 is 6.42. The molecule has 1 aromatic heterocycles. The molecule has 6 rings (SSSR count). The molecule has 0 bridgehead atoms. The number of likely N-dealkylation sites (tertiary alicyclic amines) is 2. The second-order valence-corrected chi connectivity index (χ2v) is 13.0. The molecule has 45 heavy (non-hydrogen) atoms. The molecule has 4 N–H and O–H groups in total. The molecule has 240 valence electrons. The molecule has 3 aromatic carbocycles. The van der Waals surface area contributed by atoms with Crippen LogP contribution in [-0.2, 0) is 26.2 Å². The molecule has 2 aliphatic rings. The van der Waals surface area contributed by atoms with Crippen LogP contribution >= 0.6 is 11.6 Å². The Kier molecular flexibility index (Phi) is 9.45. The van der Waals surface area contributed by atoms with Crippen LogP contribution in [0.4, 0.5) is 13.2 Å². The first-order valence-electron chi connectivity index (χ1n) is 15.7. The van der Waals surface area contributed by atoms with Gasteiger partial charge in [0.25, 0.3) is 0 Å². The van der Waals surface area contributed by atoms with Gasteiger partial charge >= 0.3 is 6.36 Å². The topological polar surface area (TPSA) is 72.7 Å². The Bertz CT molecular complexity index is 1630. The molecule has 0 saturated carbocycles. The van der Waals surface area contributed by atoms with Crippen LogP contribution in [-0.4, -0.2) is 53.5 Å². The number of piperidine rings is 1. The first kappa shape index (κ1) is 31.9. The van der Waals surface area contributed by atoms with Gasteiger partial charge in [0.2, 0.25) is 0 Å². The Balaban J connectivity index is 1.19. The first-order chi connectivity index (χ1) is 21.6. The van der Waals surface area contributed by atoms with Crippen LogP contribution in [0.5, 0.6) is 5.75 Å². The fourth-order valence-corrected chi connectivity index (χ4v) is 7.38. The van der Waals surface area contributed by atoms with E-state index in [0.717, 1.165) is 79.3 Å². The summed E-state index contributed by atoms with van der Waals surface area (Å²) in [6.45, 7) is 7.50. The minimum absolute atomic E-state index is 0.0885. The molecule has 2 saturated heterocycles. The van der Waals surface area contributed by atoms with Crippen molar-refractivity contribution in [1.82, 2.24) is 14.4 Å². The average molecular weight is 640 g/mol. The Morgan fingerprint density at radius 3 is 2.31 bits per heavy atom. The summed E-state index contributed by atoms with van der Waals surface area (Å²) in [5.74, 6) is -0.267. The third-order valence-corrected chi connectivity index (χ3v) is 9.93. The molecule has 2 aliphatic heterocycles. The highest BCUT2D eigenvalue weighted by atomic mass is 35.5. The van der Waals surface area contributed by atoms with Gasteiger partial charge < -0.3 is 20.8 Å². The number of hydrogen-bond donors (Lipinski definition) is 2. The fourth-order valence-electron chi connectivity index (χ4n) is 7.18. The summed E-state index contributed by atoms with van der Waals surface area (Å²) in [5, 5.41) is 1.90. The summed E-state index contributed by atoms with van der Waals surface area (Å²) < 4.78 is 45.0. The van der Waals surface area contributed by atoms with E-state index in [1.54, 1.807) is 6.07 Å². The van der Waals surface area contributed by atoms with Crippen LogP contribution in [0.15, 0.2) is 66.9 Å². The number of aryl methyl sites for hydroxylation is 1. The highest BCUT2D eigenvalue weighted by molar-refractivity contribution is 6.31. The molecule has 4 aromatic rings. The van der Waals surface area contributed by atoms with Gasteiger partial charge in [-0.15, -0.1) is 13.2 Å². The van der Waals surface area contributed by atoms with Crippen molar-refractivity contribution >= 4 is 22.5 Å². The van der Waals surface area contributed by atoms with Crippen molar-refractivity contribution < 1.29 is 17.9 Å². The van der Waals surface area contributed by atoms with E-state index < -0.39 is 6.36 Å². The maximum absolute atomic E-state index is 12.9. The largest absolute Gasteiger partial charge is 0.573 e. The SMILES string of the molecule is NCCCn1cc(-c2ccc(OC(F)(F)F)cc2CN)c2cc(CN3CCC4(CCN(Cc5ccccc5Cl)CC4)C3)ccc21. The number of nitrogens with zero attached hydrogens (tertiary/aromatic N) is 3. The lowest BCUT2D eigenvalue weighted by Crippen LogP contribution is -2.41. The van der Waals surface area contributed by atoms with Crippen LogP contribution < -0.4 is 16.2 Å². The second-order valence-electron chi connectivity index (χ2n) is 12.6. The van der Waals surface area contributed by atoms with Gasteiger partial charge in [-0.2, -0.15) is 0 Å². The average Bonchev–Trinajstić information content (AvgIpc) is 3.58. The van der Waals surface area contributed by atoms with Crippen LogP contribution in [0.3, 0.4) is 0 Å². The van der Waals surface area contributed by atoms with Gasteiger partial charge in [-0.1, -0.05) is 41.9 Å². The Morgan fingerprint density at radius 1 is 0.844 bits per heavy atom. The maximum Gasteiger partial charge on any atom is 0.573 e. The van der Waals surface area contributed by atoms with Gasteiger partial charge in [0.1, 0.15) is 5.75 Å². The molecule has 0 amide bonds. The van der Waals surface area contributed by atoms with Crippen molar-refractivity contribution in [1.29, 1.82) is 0 Å². The number of benzene rings is 3. The maximum atomic E-state index is 12.9. The van der Waals surface area contributed by atoms with E-state index in [4.69, 9.17) is 23.1 Å². The number of aromatic nitrogens is 1. The number of nitrogens with two attached hydrogens (primary N) is 2. The van der Waals surface area contributed by atoms with Gasteiger partial charge in [0.05, 0.1) is 0 Å². The normalized spacial score (nSPS) is 17.5. The Morgan fingerprint density at radius 2 is 1.60 bits per heavy atom. The zero-order chi connectivity index (χ0) is 31.6. The summed E-state index contributed by atoms with van der Waals surface area (Å²) in [5.41, 5.74) is 18.1. The smallest absolute Gasteiger partial charge is 0.406 e. The van der Waals surface area contributed by atoms with Crippen LogP contribution in [0, 0.1) is 5.41 Å². The molecule has 1 spiro atoms. The molecule has 0 unspecified atom stereocenters. The van der Waals surface area contributed by atoms with E-state index in [1.807, 2.05) is 12.1 Å². The number of rotatable bonds is 10. The molecule has 2 fully saturated rings. The van der Waals surface area contributed by atoms with Gasteiger partial charge in [-0.25, -0.2) is 0 Å². The Labute approximate surface area is 267 Å². The van der Waals surface area contributed by atoms with Crippen molar-refractivity contribution in [2.24, 2.45) is 16.9 Å². The van der Waals surface area contributed by atoms with E-state index in [9.17, 15) is 13.2 Å². The van der Waals surface area contributed by atoms with Gasteiger partial charge in [0, 0.05) is 60.4 Å². The minimum Gasteiger partial charge on any atom is -0.406 e. The summed E-state index contributed by atoms with van der Waals surface area (Å²) in [7, 11) is 0. The van der Waals surface area contributed by atoms with E-state index in [-0.39, 0.29) is 12.3 Å². The Hall–Kier alpha value is -3.08. The highest BCUT2D eigenvalue weighted by Crippen LogP contribution is 2.42. The zero-order valence-corrected chi connectivity index (χ0v) is 26.2. The summed E-state index contributed by atoms with van der Waals surface area (Å²) in [6.07, 6.45) is 1.72. The van der Waals surface area contributed by atoms with E-state index in [1.165, 1.54) is 42.5 Å². The van der Waals surface area contributed by atoms with E-state index >= 15 is 0 Å². The predicted octanol–water partition coefficient (Wildman–Crippen LogP) is 7.16. The van der Waals surface area contributed by atoms with Crippen molar-refractivity contribution in [3.63, 3.8) is 0 Å². The minimum atomic E-state index is -4.76. The number of hydrogen-bond acceptors (Lipinski definition) is 5. The number of fused-ring (bicyclic) bond motifs is 1. The lowest BCUT2D eigenvalue weighted by Gasteiger charge is -2.39. The third kappa shape index (κ3) is 7.34. The van der Waals surface area contributed by atoms with Crippen LogP contribution in [0.1, 0.15) is 42.4 Å².